The molecular formula is C18H25NO4. The minimum absolute atomic E-state index is 0.0965. The second kappa shape index (κ2) is 7.99. The molecular weight excluding hydrogens is 294 g/mol. The third kappa shape index (κ3) is 4.71. The molecule has 1 aromatic rings. The van der Waals surface area contributed by atoms with E-state index >= 15 is 0 Å². The zero-order valence-electron chi connectivity index (χ0n) is 14.0. The number of nitrogens with one attached hydrogen (secondary N) is 1. The summed E-state index contributed by atoms with van der Waals surface area (Å²) in [5.41, 5.74) is 0.452. The number of rotatable bonds is 5. The van der Waals surface area contributed by atoms with Crippen LogP contribution in [0.15, 0.2) is 24.3 Å². The Kier molecular flexibility index (Phi) is 6.02. The van der Waals surface area contributed by atoms with Crippen molar-refractivity contribution in [3.05, 3.63) is 29.8 Å². The largest absolute Gasteiger partial charge is 0.481 e. The molecule has 23 heavy (non-hydrogen) atoms. The van der Waals surface area contributed by atoms with Crippen LogP contribution in [0.2, 0.25) is 0 Å². The second-order valence-electron chi connectivity index (χ2n) is 6.15. The Hall–Kier alpha value is -2.04. The Morgan fingerprint density at radius 2 is 1.83 bits per heavy atom. The molecule has 0 bridgehead atoms. The van der Waals surface area contributed by atoms with E-state index in [1.165, 1.54) is 20.0 Å². The van der Waals surface area contributed by atoms with E-state index in [9.17, 15) is 9.59 Å². The summed E-state index contributed by atoms with van der Waals surface area (Å²) in [7, 11) is 1.34. The first-order valence-corrected chi connectivity index (χ1v) is 8.16. The molecule has 0 aliphatic heterocycles. The fourth-order valence-corrected chi connectivity index (χ4v) is 2.88. The summed E-state index contributed by atoms with van der Waals surface area (Å²) >= 11 is 0. The van der Waals surface area contributed by atoms with Crippen LogP contribution in [0.3, 0.4) is 0 Å². The summed E-state index contributed by atoms with van der Waals surface area (Å²) < 4.78 is 10.3. The highest BCUT2D eigenvalue weighted by Gasteiger charge is 2.25. The summed E-state index contributed by atoms with van der Waals surface area (Å²) in [6.07, 6.45) is 4.03. The second-order valence-corrected chi connectivity index (χ2v) is 6.15. The molecule has 0 heterocycles. The number of esters is 1. The van der Waals surface area contributed by atoms with Crippen molar-refractivity contribution >= 4 is 11.9 Å². The normalized spacial score (nSPS) is 22.0. The quantitative estimate of drug-likeness (QED) is 0.848. The van der Waals surface area contributed by atoms with Gasteiger partial charge >= 0.3 is 5.97 Å². The molecule has 0 spiro atoms. The SMILES string of the molecule is COC(=O)c1ccc(O[C@H](C)C(=O)N[C@H]2CCCC[C@H]2C)cc1. The summed E-state index contributed by atoms with van der Waals surface area (Å²) in [6.45, 7) is 3.91. The maximum Gasteiger partial charge on any atom is 0.337 e. The van der Waals surface area contributed by atoms with E-state index in [-0.39, 0.29) is 11.9 Å². The molecule has 0 unspecified atom stereocenters. The number of benzene rings is 1. The fraction of sp³-hybridized carbons (Fsp3) is 0.556. The smallest absolute Gasteiger partial charge is 0.337 e. The van der Waals surface area contributed by atoms with Crippen LogP contribution in [-0.2, 0) is 9.53 Å². The lowest BCUT2D eigenvalue weighted by molar-refractivity contribution is -0.128. The van der Waals surface area contributed by atoms with E-state index in [0.717, 1.165) is 12.8 Å². The van der Waals surface area contributed by atoms with Gasteiger partial charge in [0.25, 0.3) is 5.91 Å². The highest BCUT2D eigenvalue weighted by Crippen LogP contribution is 2.24. The minimum Gasteiger partial charge on any atom is -0.481 e. The Bertz CT molecular complexity index is 540. The van der Waals surface area contributed by atoms with Crippen LogP contribution < -0.4 is 10.1 Å². The molecule has 0 aromatic heterocycles. The minimum atomic E-state index is -0.576. The van der Waals surface area contributed by atoms with E-state index in [1.54, 1.807) is 31.2 Å². The van der Waals surface area contributed by atoms with Gasteiger partial charge in [-0.3, -0.25) is 4.79 Å². The van der Waals surface area contributed by atoms with Gasteiger partial charge in [0.2, 0.25) is 0 Å². The maximum atomic E-state index is 12.3. The number of amides is 1. The average Bonchev–Trinajstić information content (AvgIpc) is 2.56. The van der Waals surface area contributed by atoms with E-state index < -0.39 is 12.1 Å². The predicted octanol–water partition coefficient (Wildman–Crippen LogP) is 2.94. The fourth-order valence-electron chi connectivity index (χ4n) is 2.88. The van der Waals surface area contributed by atoms with Gasteiger partial charge in [0, 0.05) is 6.04 Å². The summed E-state index contributed by atoms with van der Waals surface area (Å²) in [5.74, 6) is 0.575. The van der Waals surface area contributed by atoms with Gasteiger partial charge in [-0.05, 0) is 49.9 Å². The van der Waals surface area contributed by atoms with Crippen LogP contribution in [-0.4, -0.2) is 31.1 Å². The van der Waals surface area contributed by atoms with Gasteiger partial charge in [-0.15, -0.1) is 0 Å². The Balaban J connectivity index is 1.89. The van der Waals surface area contributed by atoms with Crippen LogP contribution in [0, 0.1) is 5.92 Å². The number of carbonyl (C=O) groups is 2. The molecule has 1 saturated carbocycles. The van der Waals surface area contributed by atoms with E-state index in [0.29, 0.717) is 17.2 Å². The lowest BCUT2D eigenvalue weighted by atomic mass is 9.86. The number of carbonyl (C=O) groups excluding carboxylic acids is 2. The standard InChI is InChI=1S/C18H25NO4/c1-12-6-4-5-7-16(12)19-17(20)13(2)23-15-10-8-14(9-11-15)18(21)22-3/h8-13,16H,4-7H2,1-3H3,(H,19,20)/t12-,13-,16+/m1/s1. The zero-order valence-corrected chi connectivity index (χ0v) is 14.0. The highest BCUT2D eigenvalue weighted by molar-refractivity contribution is 5.89. The molecule has 1 aliphatic carbocycles. The molecule has 5 heteroatoms. The first-order chi connectivity index (χ1) is 11.0. The van der Waals surface area contributed by atoms with E-state index in [2.05, 4.69) is 17.0 Å². The van der Waals surface area contributed by atoms with E-state index in [4.69, 9.17) is 4.74 Å². The molecule has 126 valence electrons. The van der Waals surface area contributed by atoms with Gasteiger partial charge in [0.05, 0.1) is 12.7 Å². The topological polar surface area (TPSA) is 64.6 Å². The summed E-state index contributed by atoms with van der Waals surface area (Å²) in [4.78, 5) is 23.7. The van der Waals surface area contributed by atoms with Gasteiger partial charge in [-0.2, -0.15) is 0 Å². The number of ether oxygens (including phenoxy) is 2. The predicted molar refractivity (Wildman–Crippen MR) is 87.4 cm³/mol. The molecule has 1 aliphatic rings. The Morgan fingerprint density at radius 1 is 1.17 bits per heavy atom. The van der Waals surface area contributed by atoms with Crippen LogP contribution >= 0.6 is 0 Å². The summed E-state index contributed by atoms with van der Waals surface area (Å²) in [6, 6.07) is 6.81. The number of hydrogen-bond donors (Lipinski definition) is 1. The molecule has 0 saturated heterocycles. The molecule has 1 N–H and O–H groups in total. The van der Waals surface area contributed by atoms with Crippen molar-refractivity contribution in [1.82, 2.24) is 5.32 Å². The van der Waals surface area contributed by atoms with Crippen LogP contribution in [0.25, 0.3) is 0 Å². The van der Waals surface area contributed by atoms with Crippen molar-refractivity contribution in [1.29, 1.82) is 0 Å². The molecule has 1 fully saturated rings. The van der Waals surface area contributed by atoms with Crippen LogP contribution in [0.4, 0.5) is 0 Å². The van der Waals surface area contributed by atoms with Gasteiger partial charge in [-0.1, -0.05) is 19.8 Å². The third-order valence-electron chi connectivity index (χ3n) is 4.40. The van der Waals surface area contributed by atoms with E-state index in [1.807, 2.05) is 0 Å². The first-order valence-electron chi connectivity index (χ1n) is 8.16. The number of methoxy groups -OCH3 is 1. The van der Waals surface area contributed by atoms with Crippen LogP contribution in [0.1, 0.15) is 49.9 Å². The monoisotopic (exact) mass is 319 g/mol. The van der Waals surface area contributed by atoms with Crippen molar-refractivity contribution in [3.8, 4) is 5.75 Å². The average molecular weight is 319 g/mol. The third-order valence-corrected chi connectivity index (χ3v) is 4.40. The molecule has 1 amide bonds. The van der Waals surface area contributed by atoms with Crippen molar-refractivity contribution < 1.29 is 19.1 Å². The van der Waals surface area contributed by atoms with Gasteiger partial charge in [-0.25, -0.2) is 4.79 Å². The number of hydrogen-bond acceptors (Lipinski definition) is 4. The molecule has 5 nitrogen and oxygen atoms in total. The van der Waals surface area contributed by atoms with Gasteiger partial charge < -0.3 is 14.8 Å². The van der Waals surface area contributed by atoms with Gasteiger partial charge in [0.15, 0.2) is 6.10 Å². The Morgan fingerprint density at radius 3 is 2.43 bits per heavy atom. The van der Waals surface area contributed by atoms with Crippen molar-refractivity contribution in [2.24, 2.45) is 5.92 Å². The maximum absolute atomic E-state index is 12.3. The highest BCUT2D eigenvalue weighted by atomic mass is 16.5. The molecule has 2 rings (SSSR count). The Labute approximate surface area is 137 Å². The van der Waals surface area contributed by atoms with Crippen molar-refractivity contribution in [2.75, 3.05) is 7.11 Å². The van der Waals surface area contributed by atoms with Crippen molar-refractivity contribution in [3.63, 3.8) is 0 Å². The lowest BCUT2D eigenvalue weighted by Gasteiger charge is -2.30. The van der Waals surface area contributed by atoms with Crippen molar-refractivity contribution in [2.45, 2.75) is 51.7 Å². The molecule has 0 radical (unpaired) electrons. The summed E-state index contributed by atoms with van der Waals surface area (Å²) in [5, 5.41) is 3.09. The first kappa shape index (κ1) is 17.3. The molecule has 1 aromatic carbocycles. The lowest BCUT2D eigenvalue weighted by Crippen LogP contribution is -2.46. The molecule has 3 atom stereocenters. The zero-order chi connectivity index (χ0) is 16.8. The van der Waals surface area contributed by atoms with Gasteiger partial charge in [0.1, 0.15) is 5.75 Å². The van der Waals surface area contributed by atoms with Crippen LogP contribution in [0.5, 0.6) is 5.75 Å².